The first kappa shape index (κ1) is 21.7. The molecule has 0 aromatic rings. The summed E-state index contributed by atoms with van der Waals surface area (Å²) in [4.78, 5) is 38.9. The summed E-state index contributed by atoms with van der Waals surface area (Å²) in [5.41, 5.74) is 0. The SMILES string of the molecule is CCCC[C@H](N[C@@H](C)C(=O)N1[C@H](C(=O)OCC)C[C@@H]2CCCC[C@@H]21)C(=O)O. The maximum Gasteiger partial charge on any atom is 0.328 e. The Kier molecular flexibility index (Phi) is 8.07. The van der Waals surface area contributed by atoms with E-state index < -0.39 is 24.1 Å². The molecule has 27 heavy (non-hydrogen) atoms. The summed E-state index contributed by atoms with van der Waals surface area (Å²) in [6.45, 7) is 5.76. The van der Waals surface area contributed by atoms with Crippen LogP contribution in [0.25, 0.3) is 0 Å². The van der Waals surface area contributed by atoms with Crippen LogP contribution in [0, 0.1) is 5.92 Å². The number of rotatable bonds is 9. The molecule has 2 N–H and O–H groups in total. The number of carboxylic acid groups (broad SMARTS) is 1. The van der Waals surface area contributed by atoms with E-state index in [9.17, 15) is 19.5 Å². The third-order valence-electron chi connectivity index (χ3n) is 5.87. The lowest BCUT2D eigenvalue weighted by molar-refractivity contribution is -0.155. The number of carbonyl (C=O) groups excluding carboxylic acids is 2. The lowest BCUT2D eigenvalue weighted by Gasteiger charge is -2.35. The molecule has 5 atom stereocenters. The van der Waals surface area contributed by atoms with Crippen molar-refractivity contribution >= 4 is 17.8 Å². The van der Waals surface area contributed by atoms with Crippen molar-refractivity contribution < 1.29 is 24.2 Å². The molecule has 2 aliphatic rings. The van der Waals surface area contributed by atoms with Gasteiger partial charge in [0.2, 0.25) is 5.91 Å². The van der Waals surface area contributed by atoms with Gasteiger partial charge < -0.3 is 14.7 Å². The standard InChI is InChI=1S/C20H34N2O5/c1-4-6-10-15(19(24)25)21-13(3)18(23)22-16-11-8-7-9-14(16)12-17(22)20(26)27-5-2/h13-17,21H,4-12H2,1-3H3,(H,24,25)/t13-,14-,15-,16-,17-/m0/s1. The van der Waals surface area contributed by atoms with Gasteiger partial charge in [-0.1, -0.05) is 32.6 Å². The second-order valence-electron chi connectivity index (χ2n) is 7.78. The van der Waals surface area contributed by atoms with Crippen molar-refractivity contribution in [1.82, 2.24) is 10.2 Å². The summed E-state index contributed by atoms with van der Waals surface area (Å²) in [6.07, 6.45) is 6.93. The second-order valence-corrected chi connectivity index (χ2v) is 7.78. The van der Waals surface area contributed by atoms with E-state index in [4.69, 9.17) is 4.74 Å². The molecule has 1 aliphatic carbocycles. The summed E-state index contributed by atoms with van der Waals surface area (Å²) in [7, 11) is 0. The molecule has 0 aromatic carbocycles. The summed E-state index contributed by atoms with van der Waals surface area (Å²) < 4.78 is 5.22. The van der Waals surface area contributed by atoms with Gasteiger partial charge in [-0.3, -0.25) is 14.9 Å². The van der Waals surface area contributed by atoms with Crippen molar-refractivity contribution in [2.24, 2.45) is 5.92 Å². The van der Waals surface area contributed by atoms with Crippen molar-refractivity contribution in [2.75, 3.05) is 6.61 Å². The largest absolute Gasteiger partial charge is 0.480 e. The number of amides is 1. The van der Waals surface area contributed by atoms with Crippen LogP contribution in [0.1, 0.15) is 72.1 Å². The molecule has 7 nitrogen and oxygen atoms in total. The Hall–Kier alpha value is -1.63. The van der Waals surface area contributed by atoms with Crippen LogP contribution in [0.4, 0.5) is 0 Å². The first-order valence-corrected chi connectivity index (χ1v) is 10.4. The highest BCUT2D eigenvalue weighted by Gasteiger charge is 2.49. The van der Waals surface area contributed by atoms with Crippen molar-refractivity contribution in [2.45, 2.75) is 96.3 Å². The van der Waals surface area contributed by atoms with Gasteiger partial charge >= 0.3 is 11.9 Å². The monoisotopic (exact) mass is 382 g/mol. The number of aliphatic carboxylic acids is 1. The zero-order valence-electron chi connectivity index (χ0n) is 16.8. The van der Waals surface area contributed by atoms with Gasteiger partial charge in [-0.15, -0.1) is 0 Å². The molecule has 7 heteroatoms. The number of esters is 1. The normalized spacial score (nSPS) is 26.9. The van der Waals surface area contributed by atoms with Crippen LogP contribution < -0.4 is 5.32 Å². The summed E-state index contributed by atoms with van der Waals surface area (Å²) in [5, 5.41) is 12.4. The molecule has 1 saturated heterocycles. The molecule has 0 unspecified atom stereocenters. The molecule has 1 amide bonds. The number of nitrogens with one attached hydrogen (secondary N) is 1. The molecule has 0 bridgehead atoms. The van der Waals surface area contributed by atoms with Crippen LogP contribution in [-0.2, 0) is 19.1 Å². The van der Waals surface area contributed by atoms with Gasteiger partial charge in [0.25, 0.3) is 0 Å². The molecule has 1 saturated carbocycles. The number of hydrogen-bond acceptors (Lipinski definition) is 5. The lowest BCUT2D eigenvalue weighted by atomic mass is 9.84. The quantitative estimate of drug-likeness (QED) is 0.594. The molecule has 154 valence electrons. The molecular weight excluding hydrogens is 348 g/mol. The fraction of sp³-hybridized carbons (Fsp3) is 0.850. The molecular formula is C20H34N2O5. The van der Waals surface area contributed by atoms with Gasteiger partial charge in [-0.25, -0.2) is 4.79 Å². The van der Waals surface area contributed by atoms with E-state index in [1.54, 1.807) is 18.7 Å². The molecule has 2 fully saturated rings. The van der Waals surface area contributed by atoms with Crippen molar-refractivity contribution in [3.63, 3.8) is 0 Å². The van der Waals surface area contributed by atoms with Crippen molar-refractivity contribution in [1.29, 1.82) is 0 Å². The zero-order chi connectivity index (χ0) is 20.0. The Bertz CT molecular complexity index is 538. The van der Waals surface area contributed by atoms with E-state index >= 15 is 0 Å². The van der Waals surface area contributed by atoms with Gasteiger partial charge in [0.15, 0.2) is 0 Å². The maximum absolute atomic E-state index is 13.2. The summed E-state index contributed by atoms with van der Waals surface area (Å²) in [5.74, 6) is -1.14. The number of fused-ring (bicyclic) bond motifs is 1. The van der Waals surface area contributed by atoms with Gasteiger partial charge in [-0.2, -0.15) is 0 Å². The first-order valence-electron chi connectivity index (χ1n) is 10.4. The molecule has 0 spiro atoms. The summed E-state index contributed by atoms with van der Waals surface area (Å²) >= 11 is 0. The average molecular weight is 383 g/mol. The number of carboxylic acids is 1. The highest BCUT2D eigenvalue weighted by atomic mass is 16.5. The predicted molar refractivity (Wildman–Crippen MR) is 101 cm³/mol. The minimum atomic E-state index is -0.943. The van der Waals surface area contributed by atoms with Crippen LogP contribution in [0.2, 0.25) is 0 Å². The van der Waals surface area contributed by atoms with Crippen molar-refractivity contribution in [3.8, 4) is 0 Å². The highest BCUT2D eigenvalue weighted by molar-refractivity contribution is 5.89. The van der Waals surface area contributed by atoms with E-state index in [1.165, 1.54) is 0 Å². The van der Waals surface area contributed by atoms with Gasteiger partial charge in [0, 0.05) is 6.04 Å². The minimum absolute atomic E-state index is 0.0591. The Labute approximate surface area is 161 Å². The zero-order valence-corrected chi connectivity index (χ0v) is 16.8. The van der Waals surface area contributed by atoms with E-state index in [2.05, 4.69) is 5.32 Å². The predicted octanol–water partition coefficient (Wildman–Crippen LogP) is 2.33. The molecule has 0 radical (unpaired) electrons. The fourth-order valence-corrected chi connectivity index (χ4v) is 4.51. The Morgan fingerprint density at radius 1 is 1.22 bits per heavy atom. The van der Waals surface area contributed by atoms with Gasteiger partial charge in [0.05, 0.1) is 12.6 Å². The van der Waals surface area contributed by atoms with Crippen LogP contribution >= 0.6 is 0 Å². The van der Waals surface area contributed by atoms with Crippen LogP contribution in [0.15, 0.2) is 0 Å². The van der Waals surface area contributed by atoms with E-state index in [1.807, 2.05) is 6.92 Å². The Morgan fingerprint density at radius 2 is 1.93 bits per heavy atom. The van der Waals surface area contributed by atoms with Crippen LogP contribution in [-0.4, -0.2) is 58.6 Å². The van der Waals surface area contributed by atoms with E-state index in [0.29, 0.717) is 25.4 Å². The molecule has 2 rings (SSSR count). The number of nitrogens with zero attached hydrogens (tertiary/aromatic N) is 1. The average Bonchev–Trinajstić information content (AvgIpc) is 3.03. The third kappa shape index (κ3) is 5.21. The molecule has 0 aromatic heterocycles. The van der Waals surface area contributed by atoms with Crippen LogP contribution in [0.5, 0.6) is 0 Å². The topological polar surface area (TPSA) is 95.9 Å². The first-order chi connectivity index (χ1) is 12.9. The van der Waals surface area contributed by atoms with Gasteiger partial charge in [0.1, 0.15) is 12.1 Å². The Balaban J connectivity index is 2.13. The maximum atomic E-state index is 13.2. The molecule has 1 aliphatic heterocycles. The number of unbranched alkanes of at least 4 members (excludes halogenated alkanes) is 1. The number of likely N-dealkylation sites (tertiary alicyclic amines) is 1. The van der Waals surface area contributed by atoms with Crippen LogP contribution in [0.3, 0.4) is 0 Å². The smallest absolute Gasteiger partial charge is 0.328 e. The van der Waals surface area contributed by atoms with E-state index in [0.717, 1.165) is 38.5 Å². The number of carbonyl (C=O) groups is 3. The fourth-order valence-electron chi connectivity index (χ4n) is 4.51. The van der Waals surface area contributed by atoms with E-state index in [-0.39, 0.29) is 17.9 Å². The lowest BCUT2D eigenvalue weighted by Crippen LogP contribution is -2.55. The molecule has 1 heterocycles. The third-order valence-corrected chi connectivity index (χ3v) is 5.87. The highest BCUT2D eigenvalue weighted by Crippen LogP contribution is 2.40. The summed E-state index contributed by atoms with van der Waals surface area (Å²) in [6, 6.07) is -1.90. The number of ether oxygens (including phenoxy) is 1. The number of hydrogen-bond donors (Lipinski definition) is 2. The minimum Gasteiger partial charge on any atom is -0.480 e. The van der Waals surface area contributed by atoms with Gasteiger partial charge in [-0.05, 0) is 45.4 Å². The van der Waals surface area contributed by atoms with Crippen molar-refractivity contribution in [3.05, 3.63) is 0 Å². The second kappa shape index (κ2) is 10.1. The Morgan fingerprint density at radius 3 is 2.56 bits per heavy atom.